The number of hydrogen-bond donors (Lipinski definition) is 0. The van der Waals surface area contributed by atoms with Crippen LogP contribution in [0.2, 0.25) is 0 Å². The highest BCUT2D eigenvalue weighted by molar-refractivity contribution is 6.08. The van der Waals surface area contributed by atoms with Crippen LogP contribution in [-0.4, -0.2) is 25.2 Å². The molecule has 4 nitrogen and oxygen atoms in total. The lowest BCUT2D eigenvalue weighted by Crippen LogP contribution is -2.05. The Bertz CT molecular complexity index is 888. The molecule has 0 N–H and O–H groups in total. The Morgan fingerprint density at radius 1 is 0.704 bits per heavy atom. The highest BCUT2D eigenvalue weighted by atomic mass is 16.5. The molecule has 0 heterocycles. The first-order valence-corrected chi connectivity index (χ1v) is 9.03. The van der Waals surface area contributed by atoms with Crippen LogP contribution in [0.15, 0.2) is 54.6 Å². The van der Waals surface area contributed by atoms with Crippen molar-refractivity contribution < 1.29 is 19.1 Å². The minimum atomic E-state index is -0.443. The molecule has 2 aliphatic rings. The maximum atomic E-state index is 12.4. The monoisotopic (exact) mass is 362 g/mol. The van der Waals surface area contributed by atoms with Crippen molar-refractivity contribution in [3.63, 3.8) is 0 Å². The van der Waals surface area contributed by atoms with E-state index in [-0.39, 0.29) is 13.2 Å². The molecule has 27 heavy (non-hydrogen) atoms. The van der Waals surface area contributed by atoms with Crippen molar-refractivity contribution in [1.29, 1.82) is 0 Å². The summed E-state index contributed by atoms with van der Waals surface area (Å²) in [7, 11) is 0. The van der Waals surface area contributed by atoms with E-state index in [9.17, 15) is 9.59 Å². The molecule has 1 aromatic rings. The van der Waals surface area contributed by atoms with E-state index in [1.54, 1.807) is 19.9 Å². The van der Waals surface area contributed by atoms with Gasteiger partial charge in [0.2, 0.25) is 0 Å². The Hall–Kier alpha value is -3.14. The summed E-state index contributed by atoms with van der Waals surface area (Å²) in [4.78, 5) is 24.7. The van der Waals surface area contributed by atoms with Gasteiger partial charge in [0.05, 0.1) is 24.3 Å². The summed E-state index contributed by atoms with van der Waals surface area (Å²) in [5.74, 6) is -0.887. The van der Waals surface area contributed by atoms with E-state index in [1.165, 1.54) is 5.56 Å². The summed E-state index contributed by atoms with van der Waals surface area (Å²) in [5.41, 5.74) is 5.35. The van der Waals surface area contributed by atoms with Crippen molar-refractivity contribution in [2.75, 3.05) is 13.2 Å². The summed E-state index contributed by atoms with van der Waals surface area (Å²) < 4.78 is 10.3. The number of esters is 2. The van der Waals surface area contributed by atoms with Crippen LogP contribution in [0.5, 0.6) is 0 Å². The van der Waals surface area contributed by atoms with Crippen LogP contribution < -0.4 is 0 Å². The maximum Gasteiger partial charge on any atom is 0.338 e. The highest BCUT2D eigenvalue weighted by Crippen LogP contribution is 2.34. The van der Waals surface area contributed by atoms with E-state index in [1.807, 2.05) is 43.3 Å². The van der Waals surface area contributed by atoms with Gasteiger partial charge in [-0.25, -0.2) is 9.59 Å². The number of carbonyl (C=O) groups excluding carboxylic acids is 2. The molecule has 0 bridgehead atoms. The SMILES string of the molecule is CCOC(=O)c1cc(C(=O)OCC)c2ccc(-c3ccc(C)cc3)ccc1-2. The third-order valence-corrected chi connectivity index (χ3v) is 4.39. The van der Waals surface area contributed by atoms with Crippen molar-refractivity contribution >= 4 is 11.9 Å². The van der Waals surface area contributed by atoms with Crippen molar-refractivity contribution in [3.05, 3.63) is 71.3 Å². The van der Waals surface area contributed by atoms with Crippen LogP contribution in [0.4, 0.5) is 0 Å². The van der Waals surface area contributed by atoms with Gasteiger partial charge in [-0.3, -0.25) is 0 Å². The molecular formula is C23H22O4. The van der Waals surface area contributed by atoms with Gasteiger partial charge in [-0.05, 0) is 49.1 Å². The number of carbonyl (C=O) groups is 2. The van der Waals surface area contributed by atoms with Gasteiger partial charge in [0.15, 0.2) is 0 Å². The maximum absolute atomic E-state index is 12.4. The first kappa shape index (κ1) is 18.6. The van der Waals surface area contributed by atoms with E-state index < -0.39 is 11.9 Å². The predicted octanol–water partition coefficient (Wildman–Crippen LogP) is 5.12. The molecule has 0 aliphatic heterocycles. The quantitative estimate of drug-likeness (QED) is 0.591. The Balaban J connectivity index is 2.15. The number of fused-ring (bicyclic) bond motifs is 1. The molecule has 138 valence electrons. The van der Waals surface area contributed by atoms with Gasteiger partial charge in [0, 0.05) is 0 Å². The van der Waals surface area contributed by atoms with Crippen LogP contribution in [0.3, 0.4) is 0 Å². The molecule has 0 saturated carbocycles. The fraction of sp³-hybridized carbons (Fsp3) is 0.217. The molecule has 0 radical (unpaired) electrons. The van der Waals surface area contributed by atoms with Gasteiger partial charge < -0.3 is 9.47 Å². The molecule has 0 spiro atoms. The molecule has 4 heteroatoms. The van der Waals surface area contributed by atoms with Gasteiger partial charge in [-0.2, -0.15) is 0 Å². The normalized spacial score (nSPS) is 10.6. The van der Waals surface area contributed by atoms with E-state index >= 15 is 0 Å². The average Bonchev–Trinajstić information content (AvgIpc) is 2.88. The Kier molecular flexibility index (Phi) is 5.55. The van der Waals surface area contributed by atoms with Crippen molar-refractivity contribution in [3.8, 4) is 22.3 Å². The third kappa shape index (κ3) is 3.85. The van der Waals surface area contributed by atoms with Gasteiger partial charge in [-0.15, -0.1) is 0 Å². The lowest BCUT2D eigenvalue weighted by atomic mass is 10.1. The molecule has 3 rings (SSSR count). The largest absolute Gasteiger partial charge is 0.462 e. The summed E-state index contributed by atoms with van der Waals surface area (Å²) in [6, 6.07) is 17.4. The van der Waals surface area contributed by atoms with E-state index in [4.69, 9.17) is 9.47 Å². The molecule has 0 fully saturated rings. The number of aryl methyl sites for hydroxylation is 1. The second-order valence-corrected chi connectivity index (χ2v) is 6.23. The molecule has 1 aromatic carbocycles. The number of rotatable bonds is 5. The van der Waals surface area contributed by atoms with Crippen LogP contribution in [0.1, 0.15) is 40.1 Å². The van der Waals surface area contributed by atoms with E-state index in [0.29, 0.717) is 22.3 Å². The lowest BCUT2D eigenvalue weighted by molar-refractivity contribution is 0.0525. The predicted molar refractivity (Wildman–Crippen MR) is 105 cm³/mol. The molecule has 0 unspecified atom stereocenters. The van der Waals surface area contributed by atoms with E-state index in [0.717, 1.165) is 11.1 Å². The summed E-state index contributed by atoms with van der Waals surface area (Å²) in [5, 5.41) is 0. The Morgan fingerprint density at radius 2 is 1.11 bits per heavy atom. The number of benzene rings is 1. The van der Waals surface area contributed by atoms with Crippen LogP contribution in [-0.2, 0) is 9.47 Å². The summed E-state index contributed by atoms with van der Waals surface area (Å²) in [6.07, 6.45) is 0. The topological polar surface area (TPSA) is 52.6 Å². The summed E-state index contributed by atoms with van der Waals surface area (Å²) in [6.45, 7) is 6.09. The first-order valence-electron chi connectivity index (χ1n) is 9.03. The van der Waals surface area contributed by atoms with Gasteiger partial charge in [0.1, 0.15) is 0 Å². The minimum Gasteiger partial charge on any atom is -0.462 e. The molecular weight excluding hydrogens is 340 g/mol. The second-order valence-electron chi connectivity index (χ2n) is 6.23. The lowest BCUT2D eigenvalue weighted by Gasteiger charge is -2.02. The van der Waals surface area contributed by atoms with Crippen LogP contribution >= 0.6 is 0 Å². The van der Waals surface area contributed by atoms with Crippen molar-refractivity contribution in [2.45, 2.75) is 20.8 Å². The second kappa shape index (κ2) is 8.04. The zero-order chi connectivity index (χ0) is 19.4. The van der Waals surface area contributed by atoms with Gasteiger partial charge >= 0.3 is 11.9 Å². The molecule has 2 aliphatic carbocycles. The van der Waals surface area contributed by atoms with Crippen LogP contribution in [0.25, 0.3) is 22.3 Å². The fourth-order valence-electron chi connectivity index (χ4n) is 3.04. The smallest absolute Gasteiger partial charge is 0.338 e. The Labute approximate surface area is 159 Å². The highest BCUT2D eigenvalue weighted by Gasteiger charge is 2.25. The molecule has 0 aromatic heterocycles. The summed E-state index contributed by atoms with van der Waals surface area (Å²) >= 11 is 0. The number of ether oxygens (including phenoxy) is 2. The molecule has 0 saturated heterocycles. The third-order valence-electron chi connectivity index (χ3n) is 4.39. The van der Waals surface area contributed by atoms with Gasteiger partial charge in [0.25, 0.3) is 0 Å². The zero-order valence-corrected chi connectivity index (χ0v) is 15.7. The minimum absolute atomic E-state index is 0.272. The standard InChI is InChI=1S/C23H22O4/c1-4-26-22(24)20-14-21(23(25)27-5-2)19-13-11-17(10-12-18(19)20)16-8-6-15(3)7-9-16/h6-14H,4-5H2,1-3H3. The molecule has 0 atom stereocenters. The van der Waals surface area contributed by atoms with Gasteiger partial charge in [-0.1, -0.05) is 54.1 Å². The average molecular weight is 362 g/mol. The first-order chi connectivity index (χ1) is 13.0. The fourth-order valence-corrected chi connectivity index (χ4v) is 3.04. The number of hydrogen-bond acceptors (Lipinski definition) is 4. The van der Waals surface area contributed by atoms with E-state index in [2.05, 4.69) is 12.1 Å². The zero-order valence-electron chi connectivity index (χ0n) is 15.7. The van der Waals surface area contributed by atoms with Crippen LogP contribution in [0, 0.1) is 6.92 Å². The van der Waals surface area contributed by atoms with Crippen molar-refractivity contribution in [1.82, 2.24) is 0 Å². The van der Waals surface area contributed by atoms with Crippen molar-refractivity contribution in [2.24, 2.45) is 0 Å². The molecule has 0 amide bonds. The Morgan fingerprint density at radius 3 is 1.52 bits per heavy atom.